The monoisotopic (exact) mass is 306 g/mol. The van der Waals surface area contributed by atoms with Crippen molar-refractivity contribution in [3.63, 3.8) is 0 Å². The van der Waals surface area contributed by atoms with E-state index in [2.05, 4.69) is 27.7 Å². The van der Waals surface area contributed by atoms with Crippen molar-refractivity contribution in [2.75, 3.05) is 0 Å². The standard InChI is InChI=1S/C22H42/c1-5-20(16-19-10-7-6-8-11-19)22-13-9-12-21(14-15-22)18(4)17(2)3/h17-22H,5-16H2,1-4H3. The van der Waals surface area contributed by atoms with Crippen molar-refractivity contribution in [2.24, 2.45) is 35.5 Å². The fraction of sp³-hybridized carbons (Fsp3) is 1.00. The van der Waals surface area contributed by atoms with Crippen LogP contribution >= 0.6 is 0 Å². The maximum absolute atomic E-state index is 2.51. The Balaban J connectivity index is 1.84. The van der Waals surface area contributed by atoms with Crippen LogP contribution in [0.5, 0.6) is 0 Å². The summed E-state index contributed by atoms with van der Waals surface area (Å²) in [6.07, 6.45) is 18.2. The Morgan fingerprint density at radius 1 is 0.727 bits per heavy atom. The normalized spacial score (nSPS) is 31.0. The molecule has 2 aliphatic carbocycles. The Morgan fingerprint density at radius 2 is 1.36 bits per heavy atom. The first-order valence-corrected chi connectivity index (χ1v) is 10.6. The highest BCUT2D eigenvalue weighted by Crippen LogP contribution is 2.41. The molecule has 0 saturated heterocycles. The summed E-state index contributed by atoms with van der Waals surface area (Å²) >= 11 is 0. The molecular weight excluding hydrogens is 264 g/mol. The third kappa shape index (κ3) is 5.27. The second kappa shape index (κ2) is 9.33. The molecule has 130 valence electrons. The van der Waals surface area contributed by atoms with E-state index in [0.29, 0.717) is 0 Å². The van der Waals surface area contributed by atoms with E-state index < -0.39 is 0 Å². The summed E-state index contributed by atoms with van der Waals surface area (Å²) < 4.78 is 0. The van der Waals surface area contributed by atoms with Gasteiger partial charge in [-0.1, -0.05) is 85.5 Å². The first-order chi connectivity index (χ1) is 10.6. The molecule has 22 heavy (non-hydrogen) atoms. The second-order valence-corrected chi connectivity index (χ2v) is 9.04. The van der Waals surface area contributed by atoms with Crippen molar-refractivity contribution in [1.29, 1.82) is 0 Å². The molecule has 2 rings (SSSR count). The quantitative estimate of drug-likeness (QED) is 0.446. The topological polar surface area (TPSA) is 0 Å². The molecule has 0 aliphatic heterocycles. The van der Waals surface area contributed by atoms with Crippen LogP contribution in [0.25, 0.3) is 0 Å². The zero-order valence-corrected chi connectivity index (χ0v) is 15.9. The van der Waals surface area contributed by atoms with Gasteiger partial charge in [-0.15, -0.1) is 0 Å². The Morgan fingerprint density at radius 3 is 2.00 bits per heavy atom. The van der Waals surface area contributed by atoms with Gasteiger partial charge in [-0.2, -0.15) is 0 Å². The van der Waals surface area contributed by atoms with E-state index >= 15 is 0 Å². The molecule has 0 heteroatoms. The Hall–Kier alpha value is 0. The highest BCUT2D eigenvalue weighted by molar-refractivity contribution is 4.80. The molecular formula is C22H42. The number of hydrogen-bond acceptors (Lipinski definition) is 0. The van der Waals surface area contributed by atoms with Crippen molar-refractivity contribution < 1.29 is 0 Å². The molecule has 0 aromatic heterocycles. The fourth-order valence-corrected chi connectivity index (χ4v) is 5.44. The predicted molar refractivity (Wildman–Crippen MR) is 99.0 cm³/mol. The third-order valence-corrected chi connectivity index (χ3v) is 7.41. The summed E-state index contributed by atoms with van der Waals surface area (Å²) in [5.41, 5.74) is 0. The van der Waals surface area contributed by atoms with Gasteiger partial charge in [0, 0.05) is 0 Å². The maximum atomic E-state index is 2.51. The van der Waals surface area contributed by atoms with Crippen LogP contribution in [0.2, 0.25) is 0 Å². The molecule has 2 aliphatic rings. The van der Waals surface area contributed by atoms with E-state index in [1.54, 1.807) is 6.42 Å². The van der Waals surface area contributed by atoms with Gasteiger partial charge >= 0.3 is 0 Å². The third-order valence-electron chi connectivity index (χ3n) is 7.41. The molecule has 0 amide bonds. The molecule has 4 atom stereocenters. The average molecular weight is 307 g/mol. The summed E-state index contributed by atoms with van der Waals surface area (Å²) in [6.45, 7) is 9.82. The number of hydrogen-bond donors (Lipinski definition) is 0. The highest BCUT2D eigenvalue weighted by atomic mass is 14.3. The van der Waals surface area contributed by atoms with Gasteiger partial charge in [-0.05, 0) is 54.8 Å². The molecule has 2 fully saturated rings. The molecule has 0 spiro atoms. The molecule has 0 bridgehead atoms. The van der Waals surface area contributed by atoms with Gasteiger partial charge in [-0.3, -0.25) is 0 Å². The first-order valence-electron chi connectivity index (χ1n) is 10.6. The maximum Gasteiger partial charge on any atom is -0.0386 e. The van der Waals surface area contributed by atoms with Gasteiger partial charge in [0.05, 0.1) is 0 Å². The van der Waals surface area contributed by atoms with E-state index in [4.69, 9.17) is 0 Å². The van der Waals surface area contributed by atoms with Crippen molar-refractivity contribution >= 4 is 0 Å². The van der Waals surface area contributed by atoms with Crippen LogP contribution in [0.4, 0.5) is 0 Å². The van der Waals surface area contributed by atoms with Gasteiger partial charge in [0.25, 0.3) is 0 Å². The molecule has 0 heterocycles. The van der Waals surface area contributed by atoms with E-state index in [-0.39, 0.29) is 0 Å². The SMILES string of the molecule is CCC(CC1CCCCC1)C1CCCC(C(C)C(C)C)CC1. The van der Waals surface area contributed by atoms with Gasteiger partial charge in [0.15, 0.2) is 0 Å². The second-order valence-electron chi connectivity index (χ2n) is 9.04. The molecule has 0 nitrogen and oxygen atoms in total. The minimum absolute atomic E-state index is 0.866. The van der Waals surface area contributed by atoms with Crippen molar-refractivity contribution in [3.8, 4) is 0 Å². The van der Waals surface area contributed by atoms with Gasteiger partial charge in [0.1, 0.15) is 0 Å². The van der Waals surface area contributed by atoms with E-state index in [1.807, 2.05) is 0 Å². The van der Waals surface area contributed by atoms with E-state index in [9.17, 15) is 0 Å². The summed E-state index contributed by atoms with van der Waals surface area (Å²) in [6, 6.07) is 0. The Bertz CT molecular complexity index is 286. The van der Waals surface area contributed by atoms with Crippen molar-refractivity contribution in [1.82, 2.24) is 0 Å². The lowest BCUT2D eigenvalue weighted by Crippen LogP contribution is -2.20. The molecule has 0 N–H and O–H groups in total. The fourth-order valence-electron chi connectivity index (χ4n) is 5.44. The minimum Gasteiger partial charge on any atom is -0.0651 e. The van der Waals surface area contributed by atoms with Crippen LogP contribution in [0.15, 0.2) is 0 Å². The van der Waals surface area contributed by atoms with Gasteiger partial charge < -0.3 is 0 Å². The lowest BCUT2D eigenvalue weighted by Gasteiger charge is -2.31. The lowest BCUT2D eigenvalue weighted by atomic mass is 9.74. The zero-order chi connectivity index (χ0) is 15.9. The van der Waals surface area contributed by atoms with E-state index in [1.165, 1.54) is 70.6 Å². The Labute approximate surface area is 140 Å². The molecule has 0 radical (unpaired) electrons. The molecule has 4 unspecified atom stereocenters. The van der Waals surface area contributed by atoms with Crippen LogP contribution in [0.3, 0.4) is 0 Å². The summed E-state index contributed by atoms with van der Waals surface area (Å²) in [4.78, 5) is 0. The van der Waals surface area contributed by atoms with Crippen molar-refractivity contribution in [2.45, 2.75) is 105 Å². The Kier molecular flexibility index (Phi) is 7.78. The predicted octanol–water partition coefficient (Wildman–Crippen LogP) is 7.47. The molecule has 0 aromatic rings. The average Bonchev–Trinajstić information content (AvgIpc) is 2.78. The van der Waals surface area contributed by atoms with Crippen LogP contribution in [0.1, 0.15) is 105 Å². The molecule has 0 aromatic carbocycles. The van der Waals surface area contributed by atoms with Crippen LogP contribution in [0, 0.1) is 35.5 Å². The molecule has 2 saturated carbocycles. The lowest BCUT2D eigenvalue weighted by molar-refractivity contribution is 0.201. The summed E-state index contributed by atoms with van der Waals surface area (Å²) in [7, 11) is 0. The smallest absolute Gasteiger partial charge is 0.0386 e. The zero-order valence-electron chi connectivity index (χ0n) is 15.9. The van der Waals surface area contributed by atoms with Crippen LogP contribution < -0.4 is 0 Å². The minimum atomic E-state index is 0.866. The summed E-state index contributed by atoms with van der Waals surface area (Å²) in [5, 5.41) is 0. The van der Waals surface area contributed by atoms with Gasteiger partial charge in [0.2, 0.25) is 0 Å². The first kappa shape index (κ1) is 18.3. The van der Waals surface area contributed by atoms with Crippen LogP contribution in [-0.4, -0.2) is 0 Å². The highest BCUT2D eigenvalue weighted by Gasteiger charge is 2.29. The largest absolute Gasteiger partial charge is 0.0651 e. The van der Waals surface area contributed by atoms with Crippen LogP contribution in [-0.2, 0) is 0 Å². The van der Waals surface area contributed by atoms with Gasteiger partial charge in [-0.25, -0.2) is 0 Å². The van der Waals surface area contributed by atoms with E-state index in [0.717, 1.165) is 35.5 Å². The van der Waals surface area contributed by atoms with Crippen molar-refractivity contribution in [3.05, 3.63) is 0 Å². The summed E-state index contributed by atoms with van der Waals surface area (Å²) in [5.74, 6) is 5.97. The number of rotatable bonds is 6.